The van der Waals surface area contributed by atoms with Gasteiger partial charge in [0.15, 0.2) is 0 Å². The van der Waals surface area contributed by atoms with E-state index in [4.69, 9.17) is 0 Å². The van der Waals surface area contributed by atoms with Crippen LogP contribution in [-0.2, 0) is 0 Å². The van der Waals surface area contributed by atoms with Gasteiger partial charge in [-0.05, 0) is 434 Å². The highest BCUT2D eigenvalue weighted by Crippen LogP contribution is 2.48. The van der Waals surface area contributed by atoms with Crippen LogP contribution in [-0.4, -0.2) is 405 Å². The first-order valence-corrected chi connectivity index (χ1v) is 59.8. The average Bonchev–Trinajstić information content (AvgIpc) is 1.09. The van der Waals surface area contributed by atoms with Gasteiger partial charge in [0.1, 0.15) is 0 Å². The molecule has 17 nitrogen and oxygen atoms in total. The Morgan fingerprint density at radius 2 is 0.472 bits per heavy atom. The van der Waals surface area contributed by atoms with E-state index in [-0.39, 0.29) is 0 Å². The van der Waals surface area contributed by atoms with Gasteiger partial charge >= 0.3 is 0 Å². The predicted octanol–water partition coefficient (Wildman–Crippen LogP) is 23.9. The fraction of sp³-hybridized carbons (Fsp3) is 1.00. The number of piperazine rings is 2. The maximum atomic E-state index is 2.76. The van der Waals surface area contributed by atoms with Crippen molar-refractivity contribution < 1.29 is 0 Å². The monoisotopic (exact) mass is 1990 g/mol. The maximum Gasteiger partial charge on any atom is 0.0126 e. The number of piperidine rings is 4. The second-order valence-corrected chi connectivity index (χ2v) is 67.0. The molecular weight excluding hydrogens is 1740 g/mol. The van der Waals surface area contributed by atoms with Crippen molar-refractivity contribution in [3.8, 4) is 0 Å². The van der Waals surface area contributed by atoms with E-state index in [9.17, 15) is 0 Å². The van der Waals surface area contributed by atoms with Gasteiger partial charge < -0.3 is 24.5 Å². The number of unbranched alkanes of at least 4 members (excludes halogenated alkanes) is 1. The van der Waals surface area contributed by atoms with Crippen molar-refractivity contribution in [2.24, 2.45) is 79.3 Å². The summed E-state index contributed by atoms with van der Waals surface area (Å²) in [5, 5.41) is 0. The molecule has 17 heteroatoms. The van der Waals surface area contributed by atoms with Crippen LogP contribution in [0.5, 0.6) is 0 Å². The third-order valence-corrected chi connectivity index (χ3v) is 36.6. The summed E-state index contributed by atoms with van der Waals surface area (Å²) in [6, 6.07) is 0. The van der Waals surface area contributed by atoms with Crippen molar-refractivity contribution in [1.82, 2.24) is 83.3 Å². The highest BCUT2D eigenvalue weighted by atomic mass is 15.4. The smallest absolute Gasteiger partial charge is 0.0126 e. The first kappa shape index (κ1) is 126. The number of likely N-dealkylation sites (tertiary alicyclic amines) is 13. The van der Waals surface area contributed by atoms with E-state index in [1.807, 2.05) is 0 Å². The lowest BCUT2D eigenvalue weighted by Crippen LogP contribution is -2.68. The molecule has 0 aromatic carbocycles. The van der Waals surface area contributed by atoms with Crippen LogP contribution in [0.15, 0.2) is 0 Å². The largest absolute Gasteiger partial charge is 0.302 e. The molecule has 142 heavy (non-hydrogen) atoms. The maximum absolute atomic E-state index is 2.76. The van der Waals surface area contributed by atoms with Crippen molar-refractivity contribution in [2.75, 3.05) is 255 Å². The predicted molar refractivity (Wildman–Crippen MR) is 623 cm³/mol. The summed E-state index contributed by atoms with van der Waals surface area (Å²) >= 11 is 0. The summed E-state index contributed by atoms with van der Waals surface area (Å²) in [6.07, 6.45) is 16.8. The van der Waals surface area contributed by atoms with E-state index in [0.717, 1.165) is 41.4 Å². The minimum absolute atomic E-state index is 0.339. The molecule has 0 N–H and O–H groups in total. The van der Waals surface area contributed by atoms with E-state index < -0.39 is 0 Å². The molecule has 2 atom stereocenters. The van der Waals surface area contributed by atoms with Crippen LogP contribution < -0.4 is 0 Å². The van der Waals surface area contributed by atoms with Gasteiger partial charge in [0.25, 0.3) is 0 Å². The highest BCUT2D eigenvalue weighted by Gasteiger charge is 2.53. The Morgan fingerprint density at radius 1 is 0.197 bits per heavy atom. The lowest BCUT2D eigenvalue weighted by Gasteiger charge is -2.60. The molecule has 0 aliphatic carbocycles. The molecule has 15 aliphatic heterocycles. The van der Waals surface area contributed by atoms with E-state index in [1.165, 1.54) is 332 Å². The van der Waals surface area contributed by atoms with E-state index in [1.54, 1.807) is 0 Å². The second kappa shape index (κ2) is 48.8. The first-order valence-electron chi connectivity index (χ1n) is 59.8. The molecule has 15 aliphatic rings. The highest BCUT2D eigenvalue weighted by molar-refractivity contribution is 5.08. The molecule has 3 spiro atoms. The summed E-state index contributed by atoms with van der Waals surface area (Å²) in [5.74, 6) is 6.48. The van der Waals surface area contributed by atoms with Crippen molar-refractivity contribution in [3.05, 3.63) is 0 Å². The Labute approximate surface area is 888 Å². The SMILES string of the molecule is CC(C)(C)C1CN(CC2CN(C(C)(C)C)C2)C1.CC(C)(C)CC1CN(C(C)(C)C)C1.CC(C)(C)CCCCN1CCN(C(C)(C)C)CC1.CC(C)(C)CN1CC2(CCCN(C(C)(C)C)C2)C1.CC(C)(C)N1CC(CN2CC3CN(C(C)(C)C)CC3C2)C1.CC(C)(C)N1CCC2(CC1)CCN(C(C)(C)C)CC2.CC(C)(C)N1CCCC2(C1)CN(C(C)(C)C)C2.CC(C)(C)N1CCN(CC2CN(C(C)(C)C)C2)CC1. The van der Waals surface area contributed by atoms with Crippen molar-refractivity contribution >= 4 is 0 Å². The van der Waals surface area contributed by atoms with Crippen molar-refractivity contribution in [2.45, 2.75) is 476 Å². The molecule has 838 valence electrons. The second-order valence-electron chi connectivity index (χ2n) is 67.0. The van der Waals surface area contributed by atoms with Gasteiger partial charge in [-0.15, -0.1) is 0 Å². The zero-order valence-corrected chi connectivity index (χ0v) is 105. The van der Waals surface area contributed by atoms with E-state index in [0.29, 0.717) is 104 Å². The number of hydrogen-bond donors (Lipinski definition) is 0. The molecule has 15 heterocycles. The molecule has 0 saturated carbocycles. The summed E-state index contributed by atoms with van der Waals surface area (Å²) in [7, 11) is 0. The van der Waals surface area contributed by atoms with Gasteiger partial charge in [0.2, 0.25) is 0 Å². The number of rotatable bonds is 12. The van der Waals surface area contributed by atoms with Crippen LogP contribution in [0.2, 0.25) is 0 Å². The number of hydrogen-bond acceptors (Lipinski definition) is 17. The molecule has 0 aromatic heterocycles. The zero-order valence-electron chi connectivity index (χ0n) is 105. The summed E-state index contributed by atoms with van der Waals surface area (Å²) in [5.41, 5.74) is 8.15. The molecular formula is C125H253N17. The molecule has 0 aromatic rings. The first-order chi connectivity index (χ1) is 64.2. The normalized spacial score (nSPS) is 26.2. The lowest BCUT2D eigenvalue weighted by atomic mass is 9.70. The quantitative estimate of drug-likeness (QED) is 0.174. The molecule has 15 saturated heterocycles. The third kappa shape index (κ3) is 40.9. The lowest BCUT2D eigenvalue weighted by molar-refractivity contribution is -0.109. The topological polar surface area (TPSA) is 55.1 Å². The van der Waals surface area contributed by atoms with Crippen LogP contribution in [0.25, 0.3) is 0 Å². The molecule has 15 fully saturated rings. The third-order valence-electron chi connectivity index (χ3n) is 36.6. The van der Waals surface area contributed by atoms with Crippen LogP contribution in [0.1, 0.15) is 409 Å². The minimum Gasteiger partial charge on any atom is -0.302 e. The Morgan fingerprint density at radius 3 is 0.768 bits per heavy atom. The molecule has 15 rings (SSSR count). The summed E-state index contributed by atoms with van der Waals surface area (Å²) in [6.45, 7) is 163. The van der Waals surface area contributed by atoms with Gasteiger partial charge in [-0.1, -0.05) is 89.5 Å². The van der Waals surface area contributed by atoms with Crippen LogP contribution >= 0.6 is 0 Å². The van der Waals surface area contributed by atoms with Crippen molar-refractivity contribution in [1.29, 1.82) is 0 Å². The van der Waals surface area contributed by atoms with Crippen LogP contribution in [0, 0.1) is 79.3 Å². The van der Waals surface area contributed by atoms with Gasteiger partial charge in [0.05, 0.1) is 0 Å². The average molecular weight is 1990 g/mol. The Hall–Kier alpha value is -0.680. The molecule has 0 amide bonds. The molecule has 0 radical (unpaired) electrons. The summed E-state index contributed by atoms with van der Waals surface area (Å²) < 4.78 is 0. The Bertz CT molecular complexity index is 3500. The standard InChI is InChI=1S/C18H35N3.C17H34N2.C16H33N3.C16H32N2.C16H34N2.2C15H30N2.C12H25N/c1-17(2,3)20-8-14(9-20)7-19-10-15-12-21(18(4,5)6)13-16(15)11-19;1-15(2,3)18-11-7-17(8-12-18)9-13-19(14-10-17)16(4,5)6;1-15(2,3)18-9-7-17(8-10-18)11-14-12-19(13-14)16(4,5)6;1-14(2,3)10-17-11-16(12-17)8-7-9-18(13-16)15(4,5)6;1-15(2,3)9-7-8-10-17-11-13-18(14-12-17)16(4,5)6;1-14(2,3)13-10-16(11-13)7-12-8-17(9-12)15(4,5)6;1-13(2,3)16-9-7-8-15(10-16)11-17(12-15)14(4,5)6;1-11(2,3)7-10-8-13(9-10)12(4,5)6/h14-16H,7-13H2,1-6H3;7-14H2,1-6H3;14H,7-13H2,1-6H3;7-13H2,1-6H3;7-14H2,1-6H3;12-13H,7-11H2,1-6H3;7-12H2,1-6H3;10H,7-9H2,1-6H3. The summed E-state index contributed by atoms with van der Waals surface area (Å²) in [4.78, 5) is 45.1. The van der Waals surface area contributed by atoms with Gasteiger partial charge in [-0.3, -0.25) is 58.8 Å². The fourth-order valence-corrected chi connectivity index (χ4v) is 26.0. The van der Waals surface area contributed by atoms with Gasteiger partial charge in [-0.25, -0.2) is 0 Å². The van der Waals surface area contributed by atoms with E-state index >= 15 is 0 Å². The number of fused-ring (bicyclic) bond motifs is 1. The minimum atomic E-state index is 0.339. The Balaban J connectivity index is 0.000000199. The van der Waals surface area contributed by atoms with Crippen LogP contribution in [0.4, 0.5) is 0 Å². The molecule has 0 bridgehead atoms. The van der Waals surface area contributed by atoms with Gasteiger partial charge in [0, 0.05) is 287 Å². The number of nitrogens with zero attached hydrogens (tertiary/aromatic N) is 17. The Kier molecular flexibility index (Phi) is 43.4. The zero-order chi connectivity index (χ0) is 107. The van der Waals surface area contributed by atoms with Crippen LogP contribution in [0.3, 0.4) is 0 Å². The van der Waals surface area contributed by atoms with E-state index in [2.05, 4.69) is 416 Å². The fourth-order valence-electron chi connectivity index (χ4n) is 26.0. The van der Waals surface area contributed by atoms with Crippen molar-refractivity contribution in [3.63, 3.8) is 0 Å². The molecule has 2 unspecified atom stereocenters. The van der Waals surface area contributed by atoms with Gasteiger partial charge in [-0.2, -0.15) is 0 Å².